The van der Waals surface area contributed by atoms with Crippen LogP contribution in [0, 0.1) is 0 Å². The van der Waals surface area contributed by atoms with Crippen LogP contribution >= 0.6 is 0 Å². The minimum absolute atomic E-state index is 0. The SMILES string of the molecule is O=c1ccoc(-c2c(O)c(O)c(O)c3c2OC(c2ccc(O)cc2)=CC3O)c1O.[Na]. The zero-order valence-corrected chi connectivity index (χ0v) is 17.5. The van der Waals surface area contributed by atoms with E-state index in [1.807, 2.05) is 0 Å². The Morgan fingerprint density at radius 1 is 0.833 bits per heavy atom. The van der Waals surface area contributed by atoms with Crippen LogP contribution in [-0.4, -0.2) is 60.2 Å². The number of ether oxygens (including phenoxy) is 1. The van der Waals surface area contributed by atoms with Crippen molar-refractivity contribution in [3.63, 3.8) is 0 Å². The minimum atomic E-state index is -1.48. The van der Waals surface area contributed by atoms with Crippen LogP contribution in [0.3, 0.4) is 0 Å². The summed E-state index contributed by atoms with van der Waals surface area (Å²) in [4.78, 5) is 11.8. The van der Waals surface area contributed by atoms with Crippen LogP contribution in [0.15, 0.2) is 51.9 Å². The number of aliphatic hydroxyl groups is 1. The molecular weight excluding hydrogens is 407 g/mol. The molecule has 9 nitrogen and oxygen atoms in total. The van der Waals surface area contributed by atoms with Gasteiger partial charge in [-0.2, -0.15) is 0 Å². The first-order valence-corrected chi connectivity index (χ1v) is 8.28. The number of aliphatic hydroxyl groups excluding tert-OH is 1. The summed E-state index contributed by atoms with van der Waals surface area (Å²) in [6, 6.07) is 6.71. The fraction of sp³-hybridized carbons (Fsp3) is 0.0500. The Balaban J connectivity index is 0.00000256. The molecule has 30 heavy (non-hydrogen) atoms. The summed E-state index contributed by atoms with van der Waals surface area (Å²) in [5, 5.41) is 60.7. The Bertz CT molecular complexity index is 1210. The number of hydrogen-bond acceptors (Lipinski definition) is 9. The van der Waals surface area contributed by atoms with Gasteiger partial charge in [0.1, 0.15) is 23.2 Å². The van der Waals surface area contributed by atoms with Gasteiger partial charge in [-0.3, -0.25) is 4.79 Å². The third-order valence-electron chi connectivity index (χ3n) is 4.46. The molecule has 0 bridgehead atoms. The molecule has 4 rings (SSSR count). The van der Waals surface area contributed by atoms with Crippen molar-refractivity contribution in [3.8, 4) is 45.8 Å². The maximum Gasteiger partial charge on any atom is 0.227 e. The number of rotatable bonds is 2. The van der Waals surface area contributed by atoms with Crippen molar-refractivity contribution in [2.24, 2.45) is 0 Å². The van der Waals surface area contributed by atoms with E-state index in [2.05, 4.69) is 0 Å². The Kier molecular flexibility index (Phi) is 5.73. The van der Waals surface area contributed by atoms with Gasteiger partial charge in [0.25, 0.3) is 0 Å². The molecule has 0 aliphatic carbocycles. The monoisotopic (exact) mass is 421 g/mol. The van der Waals surface area contributed by atoms with Gasteiger partial charge >= 0.3 is 0 Å². The standard InChI is InChI=1S/C20H14O9.Na/c21-9-3-1-8(2-4-9)12-7-11(23)13-16(25)18(27)17(26)14(19(13)29-12)20-15(24)10(22)5-6-28-20;/h1-7,11,21,23-27H;. The Hall–Kier alpha value is -3.11. The number of benzene rings is 2. The third kappa shape index (κ3) is 3.37. The van der Waals surface area contributed by atoms with Gasteiger partial charge in [-0.05, 0) is 30.3 Å². The van der Waals surface area contributed by atoms with Gasteiger partial charge in [-0.15, -0.1) is 0 Å². The van der Waals surface area contributed by atoms with Crippen molar-refractivity contribution in [2.75, 3.05) is 0 Å². The van der Waals surface area contributed by atoms with E-state index >= 15 is 0 Å². The largest absolute Gasteiger partial charge is 0.508 e. The predicted octanol–water partition coefficient (Wildman–Crippen LogP) is 1.92. The molecule has 1 aliphatic rings. The summed E-state index contributed by atoms with van der Waals surface area (Å²) in [7, 11) is 0. The summed E-state index contributed by atoms with van der Waals surface area (Å²) in [5.74, 6) is -4.39. The van der Waals surface area contributed by atoms with Gasteiger partial charge in [-0.25, -0.2) is 0 Å². The zero-order chi connectivity index (χ0) is 20.9. The van der Waals surface area contributed by atoms with Crippen molar-refractivity contribution in [1.82, 2.24) is 0 Å². The molecule has 2 heterocycles. The van der Waals surface area contributed by atoms with Crippen molar-refractivity contribution in [1.29, 1.82) is 0 Å². The summed E-state index contributed by atoms with van der Waals surface area (Å²) in [6.07, 6.45) is 0.712. The van der Waals surface area contributed by atoms with E-state index in [-0.39, 0.29) is 52.4 Å². The first kappa shape index (κ1) is 21.6. The van der Waals surface area contributed by atoms with E-state index in [1.165, 1.54) is 30.3 Å². The quantitative estimate of drug-likeness (QED) is 0.268. The van der Waals surface area contributed by atoms with Crippen LogP contribution in [-0.2, 0) is 0 Å². The molecule has 10 heteroatoms. The minimum Gasteiger partial charge on any atom is -0.508 e. The average Bonchev–Trinajstić information content (AvgIpc) is 2.69. The molecule has 0 spiro atoms. The van der Waals surface area contributed by atoms with E-state index in [0.29, 0.717) is 5.56 Å². The zero-order valence-electron chi connectivity index (χ0n) is 15.5. The Labute approximate surface area is 190 Å². The molecule has 0 amide bonds. The van der Waals surface area contributed by atoms with Crippen molar-refractivity contribution in [2.45, 2.75) is 6.10 Å². The van der Waals surface area contributed by atoms with E-state index in [9.17, 15) is 35.4 Å². The normalized spacial score (nSPS) is 14.8. The van der Waals surface area contributed by atoms with Gasteiger partial charge < -0.3 is 39.8 Å². The molecule has 2 aromatic carbocycles. The molecule has 149 valence electrons. The third-order valence-corrected chi connectivity index (χ3v) is 4.46. The van der Waals surface area contributed by atoms with Crippen molar-refractivity contribution >= 4 is 35.3 Å². The smallest absolute Gasteiger partial charge is 0.227 e. The van der Waals surface area contributed by atoms with Gasteiger partial charge in [-0.1, -0.05) is 0 Å². The van der Waals surface area contributed by atoms with E-state index in [1.54, 1.807) is 0 Å². The van der Waals surface area contributed by atoms with Crippen molar-refractivity contribution in [3.05, 3.63) is 64.0 Å². The topological polar surface area (TPSA) is 161 Å². The molecule has 1 unspecified atom stereocenters. The van der Waals surface area contributed by atoms with Crippen LogP contribution in [0.5, 0.6) is 34.5 Å². The Morgan fingerprint density at radius 3 is 2.17 bits per heavy atom. The first-order chi connectivity index (χ1) is 13.8. The first-order valence-electron chi connectivity index (χ1n) is 8.28. The van der Waals surface area contributed by atoms with Crippen LogP contribution in [0.4, 0.5) is 0 Å². The summed E-state index contributed by atoms with van der Waals surface area (Å²) in [5.41, 5.74) is -1.13. The molecular formula is C20H14NaO9. The second-order valence-corrected chi connectivity index (χ2v) is 6.25. The summed E-state index contributed by atoms with van der Waals surface area (Å²) in [6.45, 7) is 0. The van der Waals surface area contributed by atoms with E-state index in [0.717, 1.165) is 12.3 Å². The number of phenolic OH excluding ortho intramolecular Hbond substituents is 4. The van der Waals surface area contributed by atoms with Crippen LogP contribution in [0.1, 0.15) is 17.2 Å². The molecule has 0 saturated carbocycles. The number of fused-ring (bicyclic) bond motifs is 1. The molecule has 3 aromatic rings. The fourth-order valence-corrected chi connectivity index (χ4v) is 3.04. The average molecular weight is 421 g/mol. The summed E-state index contributed by atoms with van der Waals surface area (Å²) >= 11 is 0. The predicted molar refractivity (Wildman–Crippen MR) is 104 cm³/mol. The van der Waals surface area contributed by atoms with Crippen molar-refractivity contribution < 1.29 is 39.8 Å². The fourth-order valence-electron chi connectivity index (χ4n) is 3.04. The van der Waals surface area contributed by atoms with Gasteiger partial charge in [0.2, 0.25) is 16.9 Å². The molecule has 0 fully saturated rings. The maximum atomic E-state index is 11.8. The number of phenols is 4. The second-order valence-electron chi connectivity index (χ2n) is 6.25. The maximum absolute atomic E-state index is 11.8. The molecule has 1 aromatic heterocycles. The van der Waals surface area contributed by atoms with Gasteiger partial charge in [0, 0.05) is 41.2 Å². The summed E-state index contributed by atoms with van der Waals surface area (Å²) < 4.78 is 10.9. The molecule has 1 aliphatic heterocycles. The van der Waals surface area contributed by atoms with Crippen LogP contribution < -0.4 is 10.2 Å². The van der Waals surface area contributed by atoms with Gasteiger partial charge in [0.05, 0.1) is 11.8 Å². The van der Waals surface area contributed by atoms with Gasteiger partial charge in [0.15, 0.2) is 23.0 Å². The van der Waals surface area contributed by atoms with Crippen LogP contribution in [0.25, 0.3) is 17.1 Å². The molecule has 1 atom stereocenters. The second kappa shape index (κ2) is 7.96. The van der Waals surface area contributed by atoms with E-state index in [4.69, 9.17) is 9.15 Å². The molecule has 1 radical (unpaired) electrons. The number of aromatic hydroxyl groups is 5. The number of hydrogen-bond donors (Lipinski definition) is 6. The van der Waals surface area contributed by atoms with E-state index < -0.39 is 45.9 Å². The molecule has 0 saturated heterocycles. The van der Waals surface area contributed by atoms with Crippen LogP contribution in [0.2, 0.25) is 0 Å². The molecule has 6 N–H and O–H groups in total. The Morgan fingerprint density at radius 2 is 1.50 bits per heavy atom.